The Morgan fingerprint density at radius 2 is 1.94 bits per heavy atom. The van der Waals surface area contributed by atoms with Crippen LogP contribution in [-0.4, -0.2) is 20.6 Å². The van der Waals surface area contributed by atoms with Gasteiger partial charge in [-0.1, -0.05) is 30.3 Å². The maximum Gasteiger partial charge on any atom is 0.323 e. The van der Waals surface area contributed by atoms with E-state index in [1.165, 1.54) is 0 Å². The number of nitrogens with zero attached hydrogens (tertiary/aromatic N) is 2. The molecule has 4 heteroatoms. The largest absolute Gasteiger partial charge is 0.480 e. The summed E-state index contributed by atoms with van der Waals surface area (Å²) in [5, 5.41) is 8.92. The van der Waals surface area contributed by atoms with Crippen LogP contribution < -0.4 is 0 Å². The van der Waals surface area contributed by atoms with E-state index in [0.717, 1.165) is 17.0 Å². The Morgan fingerprint density at radius 1 is 1.29 bits per heavy atom. The molecule has 0 bridgehead atoms. The van der Waals surface area contributed by atoms with Crippen LogP contribution in [0, 0.1) is 13.8 Å². The van der Waals surface area contributed by atoms with Crippen LogP contribution in [0.2, 0.25) is 0 Å². The summed E-state index contributed by atoms with van der Waals surface area (Å²) in [5.74, 6) is -0.148. The standard InChI is InChI=1S/C13H14N2O2/c1-9-10(2)15(8-12(16)17)13(14-9)11-6-4-3-5-7-11/h3-7H,8H2,1-2H3,(H,16,17). The SMILES string of the molecule is Cc1nc(-c2ccccc2)n(CC(=O)O)c1C. The predicted molar refractivity (Wildman–Crippen MR) is 64.8 cm³/mol. The van der Waals surface area contributed by atoms with Crippen molar-refractivity contribution in [1.82, 2.24) is 9.55 Å². The van der Waals surface area contributed by atoms with Crippen molar-refractivity contribution < 1.29 is 9.90 Å². The van der Waals surface area contributed by atoms with Crippen molar-refractivity contribution >= 4 is 5.97 Å². The lowest BCUT2D eigenvalue weighted by Gasteiger charge is -2.07. The molecule has 4 nitrogen and oxygen atoms in total. The van der Waals surface area contributed by atoms with Crippen molar-refractivity contribution in [2.24, 2.45) is 0 Å². The van der Waals surface area contributed by atoms with E-state index in [1.807, 2.05) is 44.2 Å². The number of benzene rings is 1. The molecule has 0 amide bonds. The third kappa shape index (κ3) is 2.20. The number of aromatic nitrogens is 2. The van der Waals surface area contributed by atoms with Gasteiger partial charge in [0.1, 0.15) is 12.4 Å². The third-order valence-corrected chi connectivity index (χ3v) is 2.78. The summed E-state index contributed by atoms with van der Waals surface area (Å²) < 4.78 is 1.73. The highest BCUT2D eigenvalue weighted by Crippen LogP contribution is 2.21. The highest BCUT2D eigenvalue weighted by atomic mass is 16.4. The summed E-state index contributed by atoms with van der Waals surface area (Å²) in [7, 11) is 0. The van der Waals surface area contributed by atoms with Gasteiger partial charge in [-0.2, -0.15) is 0 Å². The summed E-state index contributed by atoms with van der Waals surface area (Å²) >= 11 is 0. The molecule has 0 atom stereocenters. The number of carboxylic acids is 1. The van der Waals surface area contributed by atoms with Crippen LogP contribution in [0.1, 0.15) is 11.4 Å². The van der Waals surface area contributed by atoms with Gasteiger partial charge in [-0.05, 0) is 13.8 Å². The van der Waals surface area contributed by atoms with Crippen LogP contribution in [0.4, 0.5) is 0 Å². The molecule has 2 rings (SSSR count). The molecule has 0 saturated carbocycles. The molecule has 0 aliphatic carbocycles. The van der Waals surface area contributed by atoms with Gasteiger partial charge in [0.05, 0.1) is 5.69 Å². The molecule has 1 aromatic heterocycles. The average molecular weight is 230 g/mol. The minimum atomic E-state index is -0.859. The van der Waals surface area contributed by atoms with Crippen LogP contribution >= 0.6 is 0 Å². The summed E-state index contributed by atoms with van der Waals surface area (Å²) in [5.41, 5.74) is 2.70. The fraction of sp³-hybridized carbons (Fsp3) is 0.231. The van der Waals surface area contributed by atoms with Gasteiger partial charge >= 0.3 is 5.97 Å². The van der Waals surface area contributed by atoms with Crippen molar-refractivity contribution in [3.8, 4) is 11.4 Å². The molecular formula is C13H14N2O2. The number of hydrogen-bond donors (Lipinski definition) is 1. The minimum absolute atomic E-state index is 0.0586. The zero-order chi connectivity index (χ0) is 12.4. The predicted octanol–water partition coefficient (Wildman–Crippen LogP) is 2.25. The van der Waals surface area contributed by atoms with Crippen LogP contribution in [0.5, 0.6) is 0 Å². The third-order valence-electron chi connectivity index (χ3n) is 2.78. The van der Waals surface area contributed by atoms with E-state index < -0.39 is 5.97 Å². The molecule has 0 spiro atoms. The Kier molecular flexibility index (Phi) is 2.95. The Balaban J connectivity index is 2.54. The molecular weight excluding hydrogens is 216 g/mol. The van der Waals surface area contributed by atoms with Crippen LogP contribution in [0.15, 0.2) is 30.3 Å². The summed E-state index contributed by atoms with van der Waals surface area (Å²) in [6.07, 6.45) is 0. The molecule has 1 heterocycles. The molecule has 2 aromatic rings. The number of aryl methyl sites for hydroxylation is 1. The molecule has 1 aromatic carbocycles. The first kappa shape index (κ1) is 11.4. The smallest absolute Gasteiger partial charge is 0.323 e. The zero-order valence-corrected chi connectivity index (χ0v) is 9.84. The summed E-state index contributed by atoms with van der Waals surface area (Å²) in [4.78, 5) is 15.3. The maximum atomic E-state index is 10.9. The lowest BCUT2D eigenvalue weighted by molar-refractivity contribution is -0.137. The van der Waals surface area contributed by atoms with E-state index in [-0.39, 0.29) is 6.54 Å². The van der Waals surface area contributed by atoms with E-state index in [4.69, 9.17) is 5.11 Å². The lowest BCUT2D eigenvalue weighted by atomic mass is 10.2. The summed E-state index contributed by atoms with van der Waals surface area (Å²) in [6, 6.07) is 9.62. The van der Waals surface area contributed by atoms with Gasteiger partial charge in [0.25, 0.3) is 0 Å². The normalized spacial score (nSPS) is 10.5. The highest BCUT2D eigenvalue weighted by molar-refractivity contribution is 5.68. The summed E-state index contributed by atoms with van der Waals surface area (Å²) in [6.45, 7) is 3.72. The maximum absolute atomic E-state index is 10.9. The van der Waals surface area contributed by atoms with Gasteiger partial charge in [0, 0.05) is 11.3 Å². The van der Waals surface area contributed by atoms with Gasteiger partial charge in [-0.25, -0.2) is 4.98 Å². The Morgan fingerprint density at radius 3 is 2.53 bits per heavy atom. The molecule has 0 saturated heterocycles. The van der Waals surface area contributed by atoms with E-state index >= 15 is 0 Å². The number of carbonyl (C=O) groups is 1. The van der Waals surface area contributed by atoms with E-state index in [1.54, 1.807) is 4.57 Å². The van der Waals surface area contributed by atoms with Crippen LogP contribution in [-0.2, 0) is 11.3 Å². The molecule has 0 fully saturated rings. The Bertz CT molecular complexity index is 544. The second-order valence-corrected chi connectivity index (χ2v) is 3.95. The van der Waals surface area contributed by atoms with Crippen molar-refractivity contribution in [2.45, 2.75) is 20.4 Å². The topological polar surface area (TPSA) is 55.1 Å². The fourth-order valence-electron chi connectivity index (χ4n) is 1.79. The zero-order valence-electron chi connectivity index (χ0n) is 9.84. The van der Waals surface area contributed by atoms with Gasteiger partial charge in [-0.3, -0.25) is 4.79 Å². The van der Waals surface area contributed by atoms with E-state index in [0.29, 0.717) is 5.82 Å². The molecule has 0 aliphatic rings. The quantitative estimate of drug-likeness (QED) is 0.879. The number of aliphatic carboxylic acids is 1. The minimum Gasteiger partial charge on any atom is -0.480 e. The van der Waals surface area contributed by atoms with Gasteiger partial charge in [-0.15, -0.1) is 0 Å². The van der Waals surface area contributed by atoms with Gasteiger partial charge in [0.15, 0.2) is 0 Å². The Hall–Kier alpha value is -2.10. The molecule has 17 heavy (non-hydrogen) atoms. The van der Waals surface area contributed by atoms with Crippen molar-refractivity contribution in [3.63, 3.8) is 0 Å². The number of carboxylic acid groups (broad SMARTS) is 1. The van der Waals surface area contributed by atoms with Crippen LogP contribution in [0.3, 0.4) is 0 Å². The van der Waals surface area contributed by atoms with E-state index in [2.05, 4.69) is 4.98 Å². The highest BCUT2D eigenvalue weighted by Gasteiger charge is 2.14. The van der Waals surface area contributed by atoms with E-state index in [9.17, 15) is 4.79 Å². The van der Waals surface area contributed by atoms with Crippen molar-refractivity contribution in [2.75, 3.05) is 0 Å². The van der Waals surface area contributed by atoms with Gasteiger partial charge in [0.2, 0.25) is 0 Å². The fourth-order valence-corrected chi connectivity index (χ4v) is 1.79. The second kappa shape index (κ2) is 4.41. The number of rotatable bonds is 3. The first-order valence-electron chi connectivity index (χ1n) is 5.40. The van der Waals surface area contributed by atoms with Crippen LogP contribution in [0.25, 0.3) is 11.4 Å². The Labute approximate surface area is 99.5 Å². The monoisotopic (exact) mass is 230 g/mol. The molecule has 0 unspecified atom stereocenters. The number of hydrogen-bond acceptors (Lipinski definition) is 2. The molecule has 0 aliphatic heterocycles. The second-order valence-electron chi connectivity index (χ2n) is 3.95. The number of imidazole rings is 1. The molecule has 88 valence electrons. The average Bonchev–Trinajstić information content (AvgIpc) is 2.58. The molecule has 0 radical (unpaired) electrons. The molecule has 1 N–H and O–H groups in total. The van der Waals surface area contributed by atoms with Crippen molar-refractivity contribution in [1.29, 1.82) is 0 Å². The lowest BCUT2D eigenvalue weighted by Crippen LogP contribution is -2.11. The first-order valence-corrected chi connectivity index (χ1v) is 5.40. The van der Waals surface area contributed by atoms with Gasteiger partial charge < -0.3 is 9.67 Å². The first-order chi connectivity index (χ1) is 8.09. The van der Waals surface area contributed by atoms with Crippen molar-refractivity contribution in [3.05, 3.63) is 41.7 Å².